The van der Waals surface area contributed by atoms with Crippen LogP contribution in [-0.4, -0.2) is 65.4 Å². The number of benzene rings is 2. The van der Waals surface area contributed by atoms with Gasteiger partial charge in [-0.15, -0.1) is 0 Å². The lowest BCUT2D eigenvalue weighted by Gasteiger charge is -2.17. The Kier molecular flexibility index (Phi) is 9.53. The van der Waals surface area contributed by atoms with Gasteiger partial charge in [0, 0.05) is 31.4 Å². The molecule has 0 bridgehead atoms. The fourth-order valence-corrected chi connectivity index (χ4v) is 4.08. The Balaban J connectivity index is 1.65. The lowest BCUT2D eigenvalue weighted by atomic mass is 10.2. The van der Waals surface area contributed by atoms with Gasteiger partial charge in [-0.3, -0.25) is 4.57 Å². The van der Waals surface area contributed by atoms with Crippen LogP contribution in [0.1, 0.15) is 16.7 Å². The number of hydrogen-bond acceptors (Lipinski definition) is 9. The van der Waals surface area contributed by atoms with E-state index in [1.807, 2.05) is 62.6 Å². The van der Waals surface area contributed by atoms with Gasteiger partial charge >= 0.3 is 11.4 Å². The molecule has 0 spiro atoms. The molecule has 2 N–H and O–H groups in total. The number of likely N-dealkylation sites (N-methyl/N-ethyl adjacent to an activating group) is 1. The van der Waals surface area contributed by atoms with Crippen molar-refractivity contribution in [1.29, 1.82) is 0 Å². The smallest absolute Gasteiger partial charge is 0.355 e. The van der Waals surface area contributed by atoms with Gasteiger partial charge in [0.2, 0.25) is 5.95 Å². The van der Waals surface area contributed by atoms with Gasteiger partial charge < -0.3 is 25.0 Å². The maximum absolute atomic E-state index is 13.7. The van der Waals surface area contributed by atoms with Crippen molar-refractivity contribution < 1.29 is 9.47 Å². The Hall–Kier alpha value is -4.64. The average Bonchev–Trinajstić information content (AvgIpc) is 2.97. The van der Waals surface area contributed by atoms with Crippen LogP contribution in [-0.2, 0) is 19.6 Å². The summed E-state index contributed by atoms with van der Waals surface area (Å²) in [4.78, 5) is 37.6. The van der Waals surface area contributed by atoms with Crippen LogP contribution in [0, 0.1) is 0 Å². The first kappa shape index (κ1) is 28.4. The Labute approximate surface area is 233 Å². The highest BCUT2D eigenvalue weighted by Crippen LogP contribution is 2.16. The fourth-order valence-electron chi connectivity index (χ4n) is 4.08. The summed E-state index contributed by atoms with van der Waals surface area (Å²) in [6.07, 6.45) is 1.72. The van der Waals surface area contributed by atoms with E-state index in [-0.39, 0.29) is 19.0 Å². The zero-order chi connectivity index (χ0) is 28.5. The van der Waals surface area contributed by atoms with Crippen molar-refractivity contribution in [2.45, 2.75) is 19.6 Å². The number of nitrogens with zero attached hydrogens (tertiary/aromatic N) is 5. The molecule has 0 radical (unpaired) electrons. The maximum Gasteiger partial charge on any atom is 0.355 e. The molecular formula is C29H35N7O4. The number of aromatic nitrogens is 4. The Morgan fingerprint density at radius 2 is 1.43 bits per heavy atom. The molecule has 0 atom stereocenters. The van der Waals surface area contributed by atoms with Crippen molar-refractivity contribution in [3.05, 3.63) is 105 Å². The summed E-state index contributed by atoms with van der Waals surface area (Å²) in [7, 11) is 7.20. The van der Waals surface area contributed by atoms with Gasteiger partial charge in [-0.05, 0) is 55.6 Å². The zero-order valence-electron chi connectivity index (χ0n) is 23.3. The number of nitrogens with one attached hydrogen (secondary N) is 2. The van der Waals surface area contributed by atoms with Gasteiger partial charge in [0.15, 0.2) is 0 Å². The SMILES string of the molecule is COc1ccc(Cn2c(NCc3cccnc3NCCN(C)C)nc(=O)n(Cc3ccc(OC)cc3)c2=O)cc1. The first-order valence-corrected chi connectivity index (χ1v) is 12.9. The molecule has 2 aromatic carbocycles. The molecule has 2 aromatic heterocycles. The van der Waals surface area contributed by atoms with Crippen molar-refractivity contribution in [3.8, 4) is 11.5 Å². The summed E-state index contributed by atoms with van der Waals surface area (Å²) >= 11 is 0. The van der Waals surface area contributed by atoms with E-state index in [0.717, 1.165) is 40.2 Å². The molecule has 210 valence electrons. The van der Waals surface area contributed by atoms with Crippen molar-refractivity contribution in [1.82, 2.24) is 24.0 Å². The molecule has 2 heterocycles. The van der Waals surface area contributed by atoms with E-state index < -0.39 is 11.4 Å². The van der Waals surface area contributed by atoms with E-state index in [1.165, 1.54) is 4.57 Å². The second-order valence-electron chi connectivity index (χ2n) is 9.46. The van der Waals surface area contributed by atoms with Crippen LogP contribution in [0.15, 0.2) is 76.4 Å². The van der Waals surface area contributed by atoms with Crippen molar-refractivity contribution >= 4 is 11.8 Å². The molecule has 4 rings (SSSR count). The van der Waals surface area contributed by atoms with Crippen LogP contribution >= 0.6 is 0 Å². The number of pyridine rings is 1. The standard InChI is InChI=1S/C29H35N7O4/c1-34(2)17-16-31-26-23(6-5-15-30-26)18-32-27-33-28(37)36(20-22-9-13-25(40-4)14-10-22)29(38)35(27)19-21-7-11-24(39-3)12-8-21/h5-15H,16-20H2,1-4H3,(H,30,31)(H,32,33,37). The molecule has 0 amide bonds. The highest BCUT2D eigenvalue weighted by Gasteiger charge is 2.15. The molecule has 4 aromatic rings. The summed E-state index contributed by atoms with van der Waals surface area (Å²) in [5.74, 6) is 2.31. The topological polar surface area (TPSA) is 116 Å². The van der Waals surface area contributed by atoms with Crippen molar-refractivity contribution in [2.24, 2.45) is 0 Å². The van der Waals surface area contributed by atoms with Gasteiger partial charge in [0.25, 0.3) is 0 Å². The summed E-state index contributed by atoms with van der Waals surface area (Å²) in [5.41, 5.74) is 1.42. The molecule has 0 aliphatic rings. The predicted octanol–water partition coefficient (Wildman–Crippen LogP) is 2.50. The molecular weight excluding hydrogens is 510 g/mol. The maximum atomic E-state index is 13.7. The molecule has 11 heteroatoms. The minimum absolute atomic E-state index is 0.0834. The Morgan fingerprint density at radius 1 is 0.825 bits per heavy atom. The predicted molar refractivity (Wildman–Crippen MR) is 156 cm³/mol. The van der Waals surface area contributed by atoms with Gasteiger partial charge in [-0.1, -0.05) is 30.3 Å². The Bertz CT molecular complexity index is 1510. The molecule has 0 saturated heterocycles. The van der Waals surface area contributed by atoms with Gasteiger partial charge in [-0.25, -0.2) is 19.1 Å². The third-order valence-electron chi connectivity index (χ3n) is 6.33. The molecule has 0 unspecified atom stereocenters. The third kappa shape index (κ3) is 7.26. The molecule has 11 nitrogen and oxygen atoms in total. The largest absolute Gasteiger partial charge is 0.497 e. The molecule has 0 aliphatic heterocycles. The monoisotopic (exact) mass is 545 g/mol. The number of rotatable bonds is 13. The van der Waals surface area contributed by atoms with E-state index >= 15 is 0 Å². The van der Waals surface area contributed by atoms with Crippen LogP contribution in [0.4, 0.5) is 11.8 Å². The van der Waals surface area contributed by atoms with E-state index in [2.05, 4.69) is 25.5 Å². The highest BCUT2D eigenvalue weighted by atomic mass is 16.5. The molecule has 40 heavy (non-hydrogen) atoms. The van der Waals surface area contributed by atoms with E-state index in [1.54, 1.807) is 32.5 Å². The van der Waals surface area contributed by atoms with E-state index in [4.69, 9.17) is 9.47 Å². The van der Waals surface area contributed by atoms with Crippen LogP contribution in [0.25, 0.3) is 0 Å². The lowest BCUT2D eigenvalue weighted by Crippen LogP contribution is -2.43. The van der Waals surface area contributed by atoms with E-state index in [9.17, 15) is 9.59 Å². The quantitative estimate of drug-likeness (QED) is 0.261. The second-order valence-corrected chi connectivity index (χ2v) is 9.46. The first-order valence-electron chi connectivity index (χ1n) is 12.9. The summed E-state index contributed by atoms with van der Waals surface area (Å²) < 4.78 is 13.1. The second kappa shape index (κ2) is 13.4. The first-order chi connectivity index (χ1) is 19.4. The van der Waals surface area contributed by atoms with Crippen LogP contribution in [0.5, 0.6) is 11.5 Å². The fraction of sp³-hybridized carbons (Fsp3) is 0.310. The van der Waals surface area contributed by atoms with Gasteiger partial charge in [-0.2, -0.15) is 4.98 Å². The van der Waals surface area contributed by atoms with Crippen molar-refractivity contribution in [3.63, 3.8) is 0 Å². The summed E-state index contributed by atoms with van der Waals surface area (Å²) in [5, 5.41) is 6.55. The lowest BCUT2D eigenvalue weighted by molar-refractivity contribution is 0.414. The minimum Gasteiger partial charge on any atom is -0.497 e. The minimum atomic E-state index is -0.634. The van der Waals surface area contributed by atoms with Crippen LogP contribution < -0.4 is 31.5 Å². The third-order valence-corrected chi connectivity index (χ3v) is 6.33. The van der Waals surface area contributed by atoms with Crippen LogP contribution in [0.2, 0.25) is 0 Å². The van der Waals surface area contributed by atoms with Crippen molar-refractivity contribution in [2.75, 3.05) is 52.0 Å². The molecule has 0 saturated carbocycles. The Morgan fingerprint density at radius 3 is 2.00 bits per heavy atom. The van der Waals surface area contributed by atoms with Gasteiger partial charge in [0.1, 0.15) is 17.3 Å². The average molecular weight is 546 g/mol. The van der Waals surface area contributed by atoms with Gasteiger partial charge in [0.05, 0.1) is 27.3 Å². The summed E-state index contributed by atoms with van der Waals surface area (Å²) in [6, 6.07) is 18.4. The normalized spacial score (nSPS) is 10.9. The number of hydrogen-bond donors (Lipinski definition) is 2. The highest BCUT2D eigenvalue weighted by molar-refractivity contribution is 5.45. The molecule has 0 fully saturated rings. The number of anilines is 2. The number of methoxy groups -OCH3 is 2. The van der Waals surface area contributed by atoms with Crippen LogP contribution in [0.3, 0.4) is 0 Å². The zero-order valence-corrected chi connectivity index (χ0v) is 23.3. The van der Waals surface area contributed by atoms with E-state index in [0.29, 0.717) is 18.0 Å². The molecule has 0 aliphatic carbocycles. The summed E-state index contributed by atoms with van der Waals surface area (Å²) in [6.45, 7) is 2.18. The number of ether oxygens (including phenoxy) is 2.